The molecule has 1 heterocycles. The maximum absolute atomic E-state index is 13.6. The van der Waals surface area contributed by atoms with Gasteiger partial charge in [-0.2, -0.15) is 0 Å². The topological polar surface area (TPSA) is 63.4 Å². The number of rotatable bonds is 3. The van der Waals surface area contributed by atoms with Crippen molar-refractivity contribution in [1.82, 2.24) is 4.90 Å². The lowest BCUT2D eigenvalue weighted by molar-refractivity contribution is -0.130. The summed E-state index contributed by atoms with van der Waals surface area (Å²) in [6.45, 7) is 0.948. The summed E-state index contributed by atoms with van der Waals surface area (Å²) in [6, 6.07) is 4.35. The summed E-state index contributed by atoms with van der Waals surface area (Å²) in [5.74, 6) is -1.19. The maximum Gasteiger partial charge on any atom is 0.246 e. The standard InChI is InChI=1S/C15H16ClFN2O2/c16-12-2-1-3-13(17)11(12)4-5-14(20)19-8-6-10(7-9-19)15(18)21/h1-5,10H,6-9H2,(H2,18,21)/b5-4+. The molecule has 1 saturated heterocycles. The van der Waals surface area contributed by atoms with Crippen LogP contribution >= 0.6 is 11.6 Å². The van der Waals surface area contributed by atoms with Gasteiger partial charge in [0, 0.05) is 30.6 Å². The minimum absolute atomic E-state index is 0.168. The SMILES string of the molecule is NC(=O)C1CCN(C(=O)/C=C/c2c(F)cccc2Cl)CC1. The van der Waals surface area contributed by atoms with Crippen molar-refractivity contribution in [2.24, 2.45) is 11.7 Å². The number of nitrogens with zero attached hydrogens (tertiary/aromatic N) is 1. The lowest BCUT2D eigenvalue weighted by atomic mass is 9.96. The van der Waals surface area contributed by atoms with Crippen molar-refractivity contribution in [3.05, 3.63) is 40.7 Å². The predicted octanol–water partition coefficient (Wildman–Crippen LogP) is 2.22. The molecule has 0 unspecified atom stereocenters. The first-order chi connectivity index (χ1) is 9.99. The molecule has 6 heteroatoms. The Hall–Kier alpha value is -1.88. The quantitative estimate of drug-likeness (QED) is 0.870. The van der Waals surface area contributed by atoms with Crippen LogP contribution < -0.4 is 5.73 Å². The molecule has 2 rings (SSSR count). The first-order valence-corrected chi connectivity index (χ1v) is 7.07. The number of nitrogens with two attached hydrogens (primary N) is 1. The highest BCUT2D eigenvalue weighted by atomic mass is 35.5. The molecular weight excluding hydrogens is 295 g/mol. The van der Waals surface area contributed by atoms with Gasteiger partial charge in [0.05, 0.1) is 5.02 Å². The molecule has 0 radical (unpaired) electrons. The molecule has 0 atom stereocenters. The Morgan fingerprint density at radius 3 is 2.57 bits per heavy atom. The van der Waals surface area contributed by atoms with Crippen LogP contribution in [0.15, 0.2) is 24.3 Å². The summed E-state index contributed by atoms with van der Waals surface area (Å²) in [6.07, 6.45) is 3.81. The zero-order chi connectivity index (χ0) is 15.4. The Bertz CT molecular complexity index is 561. The van der Waals surface area contributed by atoms with Crippen LogP contribution in [0.4, 0.5) is 4.39 Å². The van der Waals surface area contributed by atoms with Crippen LogP contribution in [0.5, 0.6) is 0 Å². The number of halogens is 2. The normalized spacial score (nSPS) is 16.4. The second-order valence-electron chi connectivity index (χ2n) is 4.97. The summed E-state index contributed by atoms with van der Waals surface area (Å²) in [5.41, 5.74) is 5.44. The zero-order valence-corrected chi connectivity index (χ0v) is 12.1. The van der Waals surface area contributed by atoms with Crippen LogP contribution in [0.3, 0.4) is 0 Å². The highest BCUT2D eigenvalue weighted by Gasteiger charge is 2.24. The summed E-state index contributed by atoms with van der Waals surface area (Å²) >= 11 is 5.89. The van der Waals surface area contributed by atoms with E-state index in [9.17, 15) is 14.0 Å². The Kier molecular flexibility index (Phi) is 4.96. The van der Waals surface area contributed by atoms with Crippen molar-refractivity contribution in [3.8, 4) is 0 Å². The van der Waals surface area contributed by atoms with Crippen molar-refractivity contribution in [3.63, 3.8) is 0 Å². The third-order valence-corrected chi connectivity index (χ3v) is 3.93. The minimum atomic E-state index is -0.473. The second-order valence-corrected chi connectivity index (χ2v) is 5.38. The molecule has 4 nitrogen and oxygen atoms in total. The molecule has 0 saturated carbocycles. The van der Waals surface area contributed by atoms with Gasteiger partial charge >= 0.3 is 0 Å². The van der Waals surface area contributed by atoms with E-state index in [0.717, 1.165) is 0 Å². The van der Waals surface area contributed by atoms with Gasteiger partial charge in [-0.05, 0) is 31.1 Å². The maximum atomic E-state index is 13.6. The summed E-state index contributed by atoms with van der Waals surface area (Å²) in [4.78, 5) is 24.7. The Morgan fingerprint density at radius 2 is 2.00 bits per heavy atom. The van der Waals surface area contributed by atoms with E-state index in [1.54, 1.807) is 11.0 Å². The molecule has 2 amide bonds. The fraction of sp³-hybridized carbons (Fsp3) is 0.333. The largest absolute Gasteiger partial charge is 0.369 e. The van der Waals surface area contributed by atoms with Crippen molar-refractivity contribution < 1.29 is 14.0 Å². The molecule has 1 aromatic carbocycles. The number of benzene rings is 1. The third-order valence-electron chi connectivity index (χ3n) is 3.60. The lowest BCUT2D eigenvalue weighted by Gasteiger charge is -2.29. The van der Waals surface area contributed by atoms with E-state index in [1.165, 1.54) is 24.3 Å². The first kappa shape index (κ1) is 15.5. The highest BCUT2D eigenvalue weighted by molar-refractivity contribution is 6.32. The van der Waals surface area contributed by atoms with E-state index < -0.39 is 5.82 Å². The average molecular weight is 311 g/mol. The highest BCUT2D eigenvalue weighted by Crippen LogP contribution is 2.21. The average Bonchev–Trinajstić information content (AvgIpc) is 2.46. The number of piperidine rings is 1. The van der Waals surface area contributed by atoms with Gasteiger partial charge in [0.25, 0.3) is 0 Å². The van der Waals surface area contributed by atoms with Gasteiger partial charge in [-0.15, -0.1) is 0 Å². The molecular formula is C15H16ClFN2O2. The van der Waals surface area contributed by atoms with Crippen LogP contribution in [0.25, 0.3) is 6.08 Å². The fourth-order valence-electron chi connectivity index (χ4n) is 2.31. The van der Waals surface area contributed by atoms with Gasteiger partial charge in [0.15, 0.2) is 0 Å². The Balaban J connectivity index is 1.99. The Morgan fingerprint density at radius 1 is 1.33 bits per heavy atom. The molecule has 0 bridgehead atoms. The van der Waals surface area contributed by atoms with E-state index in [0.29, 0.717) is 25.9 Å². The third kappa shape index (κ3) is 3.82. The predicted molar refractivity (Wildman–Crippen MR) is 78.9 cm³/mol. The number of amides is 2. The van der Waals surface area contributed by atoms with Crippen molar-refractivity contribution >= 4 is 29.5 Å². The molecule has 0 aromatic heterocycles. The zero-order valence-electron chi connectivity index (χ0n) is 11.4. The second kappa shape index (κ2) is 6.72. The van der Waals surface area contributed by atoms with Crippen LogP contribution in [0.1, 0.15) is 18.4 Å². The molecule has 112 valence electrons. The summed E-state index contributed by atoms with van der Waals surface area (Å²) in [7, 11) is 0. The molecule has 21 heavy (non-hydrogen) atoms. The van der Waals surface area contributed by atoms with E-state index in [4.69, 9.17) is 17.3 Å². The van der Waals surface area contributed by atoms with Crippen LogP contribution in [0, 0.1) is 11.7 Å². The minimum Gasteiger partial charge on any atom is -0.369 e. The number of primary amides is 1. The molecule has 0 spiro atoms. The lowest BCUT2D eigenvalue weighted by Crippen LogP contribution is -2.41. The smallest absolute Gasteiger partial charge is 0.246 e. The van der Waals surface area contributed by atoms with E-state index in [1.807, 2.05) is 0 Å². The Labute approximate surface area is 127 Å². The van der Waals surface area contributed by atoms with Crippen molar-refractivity contribution in [1.29, 1.82) is 0 Å². The number of carbonyl (C=O) groups excluding carboxylic acids is 2. The first-order valence-electron chi connectivity index (χ1n) is 6.69. The van der Waals surface area contributed by atoms with Crippen LogP contribution in [-0.2, 0) is 9.59 Å². The molecule has 1 aliphatic rings. The molecule has 1 fully saturated rings. The molecule has 1 aliphatic heterocycles. The number of likely N-dealkylation sites (tertiary alicyclic amines) is 1. The number of hydrogen-bond acceptors (Lipinski definition) is 2. The van der Waals surface area contributed by atoms with Gasteiger partial charge in [0.1, 0.15) is 5.82 Å². The van der Waals surface area contributed by atoms with Crippen LogP contribution in [0.2, 0.25) is 5.02 Å². The van der Waals surface area contributed by atoms with Crippen molar-refractivity contribution in [2.45, 2.75) is 12.8 Å². The van der Waals surface area contributed by atoms with E-state index in [-0.39, 0.29) is 28.3 Å². The van der Waals surface area contributed by atoms with E-state index in [2.05, 4.69) is 0 Å². The molecule has 2 N–H and O–H groups in total. The van der Waals surface area contributed by atoms with E-state index >= 15 is 0 Å². The molecule has 0 aliphatic carbocycles. The monoisotopic (exact) mass is 310 g/mol. The number of carbonyl (C=O) groups is 2. The fourth-order valence-corrected chi connectivity index (χ4v) is 2.54. The van der Waals surface area contributed by atoms with Gasteiger partial charge in [-0.3, -0.25) is 9.59 Å². The van der Waals surface area contributed by atoms with Crippen molar-refractivity contribution in [2.75, 3.05) is 13.1 Å². The molecule has 1 aromatic rings. The van der Waals surface area contributed by atoms with Crippen LogP contribution in [-0.4, -0.2) is 29.8 Å². The van der Waals surface area contributed by atoms with Gasteiger partial charge < -0.3 is 10.6 Å². The summed E-state index contributed by atoms with van der Waals surface area (Å²) < 4.78 is 13.6. The van der Waals surface area contributed by atoms with Gasteiger partial charge in [0.2, 0.25) is 11.8 Å². The summed E-state index contributed by atoms with van der Waals surface area (Å²) in [5, 5.41) is 0.256. The van der Waals surface area contributed by atoms with Gasteiger partial charge in [-0.25, -0.2) is 4.39 Å². The number of hydrogen-bond donors (Lipinski definition) is 1. The van der Waals surface area contributed by atoms with Gasteiger partial charge in [-0.1, -0.05) is 17.7 Å².